The minimum Gasteiger partial charge on any atom is -0.388 e. The van der Waals surface area contributed by atoms with E-state index in [1.54, 1.807) is 6.92 Å². The van der Waals surface area contributed by atoms with E-state index in [1.165, 1.54) is 0 Å². The van der Waals surface area contributed by atoms with Gasteiger partial charge in [-0.05, 0) is 25.3 Å². The van der Waals surface area contributed by atoms with E-state index in [9.17, 15) is 14.7 Å². The van der Waals surface area contributed by atoms with Crippen molar-refractivity contribution < 1.29 is 19.4 Å². The molecule has 1 aromatic rings. The molecule has 7 heteroatoms. The zero-order valence-electron chi connectivity index (χ0n) is 15.4. The van der Waals surface area contributed by atoms with Gasteiger partial charge in [0.1, 0.15) is 0 Å². The molecule has 7 nitrogen and oxygen atoms in total. The fourth-order valence-electron chi connectivity index (χ4n) is 2.73. The maximum atomic E-state index is 11.9. The predicted molar refractivity (Wildman–Crippen MR) is 98.7 cm³/mol. The predicted octanol–water partition coefficient (Wildman–Crippen LogP) is -0.0652. The average Bonchev–Trinajstić information content (AvgIpc) is 2.66. The van der Waals surface area contributed by atoms with Crippen molar-refractivity contribution in [2.45, 2.75) is 25.4 Å². The molecular formula is C19H29N3O4. The molecule has 1 atom stereocenters. The molecule has 3 N–H and O–H groups in total. The van der Waals surface area contributed by atoms with Gasteiger partial charge in [0.2, 0.25) is 0 Å². The van der Waals surface area contributed by atoms with E-state index in [2.05, 4.69) is 15.5 Å². The number of benzene rings is 1. The summed E-state index contributed by atoms with van der Waals surface area (Å²) in [6.07, 6.45) is 1.20. The van der Waals surface area contributed by atoms with E-state index in [0.29, 0.717) is 39.1 Å². The van der Waals surface area contributed by atoms with Crippen LogP contribution >= 0.6 is 0 Å². The van der Waals surface area contributed by atoms with E-state index in [4.69, 9.17) is 4.74 Å². The van der Waals surface area contributed by atoms with E-state index >= 15 is 0 Å². The van der Waals surface area contributed by atoms with Gasteiger partial charge in [0.25, 0.3) is 0 Å². The van der Waals surface area contributed by atoms with Crippen LogP contribution in [0.5, 0.6) is 0 Å². The van der Waals surface area contributed by atoms with Crippen LogP contribution in [0.1, 0.15) is 18.9 Å². The highest BCUT2D eigenvalue weighted by Crippen LogP contribution is 2.13. The second-order valence-electron chi connectivity index (χ2n) is 6.88. The largest absolute Gasteiger partial charge is 0.388 e. The van der Waals surface area contributed by atoms with Gasteiger partial charge in [0.05, 0.1) is 18.8 Å². The number of rotatable bonds is 8. The van der Waals surface area contributed by atoms with Crippen molar-refractivity contribution in [1.82, 2.24) is 15.5 Å². The topological polar surface area (TPSA) is 90.9 Å². The lowest BCUT2D eigenvalue weighted by Crippen LogP contribution is -2.48. The fraction of sp³-hybridized carbons (Fsp3) is 0.579. The normalized spacial score (nSPS) is 17.3. The first-order chi connectivity index (χ1) is 12.5. The molecule has 1 fully saturated rings. The molecule has 1 saturated heterocycles. The van der Waals surface area contributed by atoms with Crippen LogP contribution in [0.3, 0.4) is 0 Å². The lowest BCUT2D eigenvalue weighted by atomic mass is 9.97. The lowest BCUT2D eigenvalue weighted by molar-refractivity contribution is -0.139. The highest BCUT2D eigenvalue weighted by Gasteiger charge is 2.23. The smallest absolute Gasteiger partial charge is 0.309 e. The number of carbonyl (C=O) groups is 2. The number of aliphatic hydroxyl groups is 1. The van der Waals surface area contributed by atoms with Crippen LogP contribution in [0.15, 0.2) is 30.3 Å². The quantitative estimate of drug-likeness (QED) is 0.563. The fourth-order valence-corrected chi connectivity index (χ4v) is 2.73. The first-order valence-corrected chi connectivity index (χ1v) is 9.09. The first-order valence-electron chi connectivity index (χ1n) is 9.09. The molecule has 1 aromatic carbocycles. The number of ether oxygens (including phenoxy) is 1. The maximum Gasteiger partial charge on any atom is 0.309 e. The second kappa shape index (κ2) is 10.3. The van der Waals surface area contributed by atoms with Crippen LogP contribution in [0, 0.1) is 0 Å². The summed E-state index contributed by atoms with van der Waals surface area (Å²) in [5.74, 6) is -1.39. The average molecular weight is 363 g/mol. The minimum absolute atomic E-state index is 0.0373. The Labute approximate surface area is 154 Å². The Morgan fingerprint density at radius 1 is 1.15 bits per heavy atom. The molecule has 0 aromatic heterocycles. The number of nitrogens with zero attached hydrogens (tertiary/aromatic N) is 1. The molecule has 1 aliphatic heterocycles. The van der Waals surface area contributed by atoms with Crippen LogP contribution < -0.4 is 10.6 Å². The van der Waals surface area contributed by atoms with E-state index in [-0.39, 0.29) is 6.54 Å². The Balaban J connectivity index is 1.63. The van der Waals surface area contributed by atoms with Crippen molar-refractivity contribution in [3.8, 4) is 0 Å². The summed E-state index contributed by atoms with van der Waals surface area (Å²) in [6.45, 7) is 5.88. The second-order valence-corrected chi connectivity index (χ2v) is 6.88. The monoisotopic (exact) mass is 363 g/mol. The molecule has 26 heavy (non-hydrogen) atoms. The summed E-state index contributed by atoms with van der Waals surface area (Å²) in [6, 6.07) is 9.84. The minimum atomic E-state index is -1.07. The Bertz CT molecular complexity index is 571. The third kappa shape index (κ3) is 7.51. The first kappa shape index (κ1) is 20.4. The Morgan fingerprint density at radius 3 is 2.50 bits per heavy atom. The number of carbonyl (C=O) groups excluding carboxylic acids is 2. The summed E-state index contributed by atoms with van der Waals surface area (Å²) in [4.78, 5) is 25.9. The molecule has 2 amide bonds. The Kier molecular flexibility index (Phi) is 8.03. The van der Waals surface area contributed by atoms with Crippen LogP contribution in [-0.2, 0) is 20.7 Å². The van der Waals surface area contributed by atoms with Crippen molar-refractivity contribution >= 4 is 11.8 Å². The summed E-state index contributed by atoms with van der Waals surface area (Å²) in [5.41, 5.74) is 0.0551. The molecule has 0 radical (unpaired) electrons. The van der Waals surface area contributed by atoms with Gasteiger partial charge < -0.3 is 20.5 Å². The van der Waals surface area contributed by atoms with Crippen molar-refractivity contribution in [3.05, 3.63) is 35.9 Å². The summed E-state index contributed by atoms with van der Waals surface area (Å²) >= 11 is 0. The molecule has 0 aliphatic carbocycles. The van der Waals surface area contributed by atoms with Gasteiger partial charge in [-0.1, -0.05) is 30.3 Å². The summed E-state index contributed by atoms with van der Waals surface area (Å²) in [5, 5.41) is 15.5. The van der Waals surface area contributed by atoms with Gasteiger partial charge in [-0.3, -0.25) is 14.5 Å². The SMILES string of the molecule is CC(O)(CCc1ccccc1)CNC(=O)C(=O)NCCN1CCOCC1. The van der Waals surface area contributed by atoms with Gasteiger partial charge in [-0.15, -0.1) is 0 Å². The molecule has 1 heterocycles. The van der Waals surface area contributed by atoms with Crippen molar-refractivity contribution in [1.29, 1.82) is 0 Å². The van der Waals surface area contributed by atoms with Gasteiger partial charge in [-0.25, -0.2) is 0 Å². The Morgan fingerprint density at radius 2 is 1.81 bits per heavy atom. The van der Waals surface area contributed by atoms with E-state index < -0.39 is 17.4 Å². The van der Waals surface area contributed by atoms with Gasteiger partial charge in [-0.2, -0.15) is 0 Å². The van der Waals surface area contributed by atoms with Crippen molar-refractivity contribution in [2.24, 2.45) is 0 Å². The molecule has 2 rings (SSSR count). The van der Waals surface area contributed by atoms with E-state index in [1.807, 2.05) is 30.3 Å². The molecule has 144 valence electrons. The molecule has 0 spiro atoms. The molecule has 1 aliphatic rings. The van der Waals surface area contributed by atoms with Crippen LogP contribution in [0.4, 0.5) is 0 Å². The third-order valence-electron chi connectivity index (χ3n) is 4.45. The maximum absolute atomic E-state index is 11.9. The van der Waals surface area contributed by atoms with Gasteiger partial charge >= 0.3 is 11.8 Å². The van der Waals surface area contributed by atoms with Gasteiger partial charge in [0.15, 0.2) is 0 Å². The zero-order chi connectivity index (χ0) is 18.8. The molecular weight excluding hydrogens is 334 g/mol. The van der Waals surface area contributed by atoms with E-state index in [0.717, 1.165) is 18.7 Å². The zero-order valence-corrected chi connectivity index (χ0v) is 15.4. The highest BCUT2D eigenvalue weighted by atomic mass is 16.5. The number of aryl methyl sites for hydroxylation is 1. The van der Waals surface area contributed by atoms with Crippen LogP contribution in [0.25, 0.3) is 0 Å². The standard InChI is InChI=1S/C19H29N3O4/c1-19(25,8-7-16-5-3-2-4-6-16)15-21-18(24)17(23)20-9-10-22-11-13-26-14-12-22/h2-6,25H,7-15H2,1H3,(H,20,23)(H,21,24). The number of amides is 2. The molecule has 1 unspecified atom stereocenters. The third-order valence-corrected chi connectivity index (χ3v) is 4.45. The number of hydrogen-bond acceptors (Lipinski definition) is 5. The Hall–Kier alpha value is -1.96. The van der Waals surface area contributed by atoms with Crippen molar-refractivity contribution in [2.75, 3.05) is 45.9 Å². The number of nitrogens with one attached hydrogen (secondary N) is 2. The molecule has 0 bridgehead atoms. The summed E-state index contributed by atoms with van der Waals surface area (Å²) in [7, 11) is 0. The van der Waals surface area contributed by atoms with Crippen LogP contribution in [0.2, 0.25) is 0 Å². The van der Waals surface area contributed by atoms with Crippen molar-refractivity contribution in [3.63, 3.8) is 0 Å². The highest BCUT2D eigenvalue weighted by molar-refractivity contribution is 6.35. The molecule has 0 saturated carbocycles. The number of morpholine rings is 1. The van der Waals surface area contributed by atoms with Crippen LogP contribution in [-0.4, -0.2) is 73.4 Å². The summed E-state index contributed by atoms with van der Waals surface area (Å²) < 4.78 is 5.26. The lowest BCUT2D eigenvalue weighted by Gasteiger charge is -2.26. The van der Waals surface area contributed by atoms with Gasteiger partial charge in [0, 0.05) is 32.7 Å². The number of hydrogen-bond donors (Lipinski definition) is 3.